The van der Waals surface area contributed by atoms with Crippen LogP contribution in [-0.4, -0.2) is 24.8 Å². The van der Waals surface area contributed by atoms with Crippen LogP contribution in [0.4, 0.5) is 18.9 Å². The number of halogens is 3. The smallest absolute Gasteiger partial charge is 0.383 e. The van der Waals surface area contributed by atoms with Crippen molar-refractivity contribution in [2.75, 3.05) is 18.4 Å². The van der Waals surface area contributed by atoms with Gasteiger partial charge >= 0.3 is 6.18 Å². The Morgan fingerprint density at radius 3 is 2.24 bits per heavy atom. The van der Waals surface area contributed by atoms with Gasteiger partial charge in [-0.2, -0.15) is 13.2 Å². The molecule has 0 radical (unpaired) electrons. The van der Waals surface area contributed by atoms with Crippen molar-refractivity contribution in [3.63, 3.8) is 0 Å². The molecule has 0 heterocycles. The number of rotatable bonds is 6. The Balaban J connectivity index is 1.98. The van der Waals surface area contributed by atoms with E-state index in [2.05, 4.69) is 10.6 Å². The zero-order chi connectivity index (χ0) is 18.4. The van der Waals surface area contributed by atoms with Crippen LogP contribution in [0.5, 0.6) is 0 Å². The number of alkyl halides is 3. The Kier molecular flexibility index (Phi) is 5.80. The van der Waals surface area contributed by atoms with Gasteiger partial charge in [-0.3, -0.25) is 9.59 Å². The minimum absolute atomic E-state index is 0.00439. The molecule has 0 aliphatic heterocycles. The summed E-state index contributed by atoms with van der Waals surface area (Å²) in [6.07, 6.45) is -4.58. The molecule has 4 nitrogen and oxygen atoms in total. The molecule has 2 aromatic carbocycles. The molecule has 0 saturated heterocycles. The fraction of sp³-hybridized carbons (Fsp3) is 0.222. The van der Waals surface area contributed by atoms with Gasteiger partial charge < -0.3 is 10.6 Å². The molecule has 0 saturated carbocycles. The van der Waals surface area contributed by atoms with Crippen molar-refractivity contribution >= 4 is 17.4 Å². The van der Waals surface area contributed by atoms with E-state index >= 15 is 0 Å². The van der Waals surface area contributed by atoms with Gasteiger partial charge in [0.25, 0.3) is 5.91 Å². The lowest BCUT2D eigenvalue weighted by Crippen LogP contribution is -2.29. The minimum Gasteiger partial charge on any atom is -0.383 e. The quantitative estimate of drug-likeness (QED) is 0.616. The molecule has 7 heteroatoms. The number of carbonyl (C=O) groups excluding carboxylic acids is 2. The number of hydrogen-bond acceptors (Lipinski definition) is 3. The van der Waals surface area contributed by atoms with Crippen molar-refractivity contribution in [2.45, 2.75) is 13.1 Å². The zero-order valence-corrected chi connectivity index (χ0v) is 13.5. The maximum Gasteiger partial charge on any atom is 0.418 e. The average Bonchev–Trinajstić information content (AvgIpc) is 2.58. The van der Waals surface area contributed by atoms with E-state index < -0.39 is 17.5 Å². The summed E-state index contributed by atoms with van der Waals surface area (Å²) in [6.45, 7) is 1.47. The van der Waals surface area contributed by atoms with Gasteiger partial charge in [-0.1, -0.05) is 18.2 Å². The Morgan fingerprint density at radius 1 is 0.960 bits per heavy atom. The van der Waals surface area contributed by atoms with E-state index in [-0.39, 0.29) is 30.2 Å². The van der Waals surface area contributed by atoms with E-state index in [0.717, 1.165) is 6.07 Å². The van der Waals surface area contributed by atoms with Crippen LogP contribution in [-0.2, 0) is 6.18 Å². The lowest BCUT2D eigenvalue weighted by Gasteiger charge is -2.16. The Bertz CT molecular complexity index is 759. The molecular formula is C18H17F3N2O2. The average molecular weight is 350 g/mol. The third kappa shape index (κ3) is 5.07. The van der Waals surface area contributed by atoms with Crippen LogP contribution >= 0.6 is 0 Å². The van der Waals surface area contributed by atoms with Crippen molar-refractivity contribution in [3.05, 3.63) is 65.2 Å². The SMILES string of the molecule is CC(=O)c1ccc(NCCNC(=O)c2ccccc2)c(C(F)(F)F)c1. The lowest BCUT2D eigenvalue weighted by atomic mass is 10.1. The molecular weight excluding hydrogens is 333 g/mol. The van der Waals surface area contributed by atoms with Crippen molar-refractivity contribution in [3.8, 4) is 0 Å². The van der Waals surface area contributed by atoms with Crippen molar-refractivity contribution in [1.82, 2.24) is 5.32 Å². The topological polar surface area (TPSA) is 58.2 Å². The summed E-state index contributed by atoms with van der Waals surface area (Å²) in [5.41, 5.74) is -0.569. The van der Waals surface area contributed by atoms with Crippen LogP contribution < -0.4 is 10.6 Å². The number of benzene rings is 2. The molecule has 25 heavy (non-hydrogen) atoms. The fourth-order valence-electron chi connectivity index (χ4n) is 2.22. The number of anilines is 1. The number of Topliss-reactive ketones (excluding diaryl/α,β-unsaturated/α-hetero) is 1. The molecule has 0 aliphatic carbocycles. The largest absolute Gasteiger partial charge is 0.418 e. The van der Waals surface area contributed by atoms with Crippen LogP contribution in [0.3, 0.4) is 0 Å². The Hall–Kier alpha value is -2.83. The number of carbonyl (C=O) groups is 2. The van der Waals surface area contributed by atoms with E-state index in [9.17, 15) is 22.8 Å². The summed E-state index contributed by atoms with van der Waals surface area (Å²) in [5, 5.41) is 5.27. The van der Waals surface area contributed by atoms with Crippen molar-refractivity contribution in [1.29, 1.82) is 0 Å². The Labute approximate surface area is 143 Å². The highest BCUT2D eigenvalue weighted by molar-refractivity contribution is 5.95. The first kappa shape index (κ1) is 18.5. The van der Waals surface area contributed by atoms with Crippen molar-refractivity contribution < 1.29 is 22.8 Å². The highest BCUT2D eigenvalue weighted by Crippen LogP contribution is 2.35. The first-order valence-electron chi connectivity index (χ1n) is 7.58. The monoisotopic (exact) mass is 350 g/mol. The summed E-state index contributed by atoms with van der Waals surface area (Å²) >= 11 is 0. The fourth-order valence-corrected chi connectivity index (χ4v) is 2.22. The van der Waals surface area contributed by atoms with Crippen LogP contribution in [0.1, 0.15) is 33.2 Å². The predicted octanol–water partition coefficient (Wildman–Crippen LogP) is 3.75. The highest BCUT2D eigenvalue weighted by Gasteiger charge is 2.34. The van der Waals surface area contributed by atoms with Gasteiger partial charge in [0.15, 0.2) is 5.78 Å². The molecule has 132 valence electrons. The van der Waals surface area contributed by atoms with Gasteiger partial charge in [0.05, 0.1) is 5.56 Å². The van der Waals surface area contributed by atoms with Crippen LogP contribution in [0.2, 0.25) is 0 Å². The van der Waals surface area contributed by atoms with Crippen molar-refractivity contribution in [2.24, 2.45) is 0 Å². The van der Waals surface area contributed by atoms with Crippen LogP contribution in [0, 0.1) is 0 Å². The number of amides is 1. The lowest BCUT2D eigenvalue weighted by molar-refractivity contribution is -0.137. The molecule has 0 bridgehead atoms. The molecule has 1 amide bonds. The number of nitrogens with one attached hydrogen (secondary N) is 2. The maximum atomic E-state index is 13.1. The third-order valence-electron chi connectivity index (χ3n) is 3.49. The number of ketones is 1. The summed E-state index contributed by atoms with van der Waals surface area (Å²) < 4.78 is 39.4. The van der Waals surface area contributed by atoms with E-state index in [4.69, 9.17) is 0 Å². The van der Waals surface area contributed by atoms with Gasteiger partial charge in [-0.05, 0) is 37.3 Å². The van der Waals surface area contributed by atoms with Crippen LogP contribution in [0.15, 0.2) is 48.5 Å². The summed E-state index contributed by atoms with van der Waals surface area (Å²) in [6, 6.07) is 11.9. The zero-order valence-electron chi connectivity index (χ0n) is 13.5. The molecule has 2 aromatic rings. The summed E-state index contributed by atoms with van der Waals surface area (Å²) in [4.78, 5) is 23.1. The van der Waals surface area contributed by atoms with Gasteiger partial charge in [0.1, 0.15) is 0 Å². The van der Waals surface area contributed by atoms with Gasteiger partial charge in [-0.25, -0.2) is 0 Å². The molecule has 0 aliphatic rings. The second kappa shape index (κ2) is 7.83. The third-order valence-corrected chi connectivity index (χ3v) is 3.49. The molecule has 0 fully saturated rings. The minimum atomic E-state index is -4.58. The summed E-state index contributed by atoms with van der Waals surface area (Å²) in [5.74, 6) is -0.738. The molecule has 0 aromatic heterocycles. The van der Waals surface area contributed by atoms with Crippen LogP contribution in [0.25, 0.3) is 0 Å². The first-order valence-corrected chi connectivity index (χ1v) is 7.58. The van der Waals surface area contributed by atoms with E-state index in [0.29, 0.717) is 5.56 Å². The predicted molar refractivity (Wildman–Crippen MR) is 88.7 cm³/mol. The first-order chi connectivity index (χ1) is 11.8. The second-order valence-electron chi connectivity index (χ2n) is 5.36. The molecule has 0 spiro atoms. The van der Waals surface area contributed by atoms with E-state index in [1.54, 1.807) is 30.3 Å². The summed E-state index contributed by atoms with van der Waals surface area (Å²) in [7, 11) is 0. The van der Waals surface area contributed by atoms with Gasteiger partial charge in [-0.15, -0.1) is 0 Å². The molecule has 0 unspecified atom stereocenters. The normalized spacial score (nSPS) is 11.0. The van der Waals surface area contributed by atoms with Gasteiger partial charge in [0.2, 0.25) is 0 Å². The van der Waals surface area contributed by atoms with Gasteiger partial charge in [0, 0.05) is 29.9 Å². The standard InChI is InChI=1S/C18H17F3N2O2/c1-12(24)14-7-8-16(15(11-14)18(19,20)21)22-9-10-23-17(25)13-5-3-2-4-6-13/h2-8,11,22H,9-10H2,1H3,(H,23,25). The Morgan fingerprint density at radius 2 is 1.64 bits per heavy atom. The van der Waals surface area contributed by atoms with E-state index in [1.165, 1.54) is 19.1 Å². The maximum absolute atomic E-state index is 13.1. The molecule has 0 atom stereocenters. The second-order valence-corrected chi connectivity index (χ2v) is 5.36. The molecule has 2 N–H and O–H groups in total. The van der Waals surface area contributed by atoms with E-state index in [1.807, 2.05) is 0 Å². The number of hydrogen-bond donors (Lipinski definition) is 2. The molecule has 2 rings (SSSR count). The highest BCUT2D eigenvalue weighted by atomic mass is 19.4.